The van der Waals surface area contributed by atoms with Crippen LogP contribution in [0, 0.1) is 18.7 Å². The first-order valence-corrected chi connectivity index (χ1v) is 12.9. The molecular formula is C29H32FN5O5. The van der Waals surface area contributed by atoms with Crippen LogP contribution in [0.25, 0.3) is 10.9 Å². The van der Waals surface area contributed by atoms with E-state index in [-0.39, 0.29) is 35.4 Å². The predicted octanol–water partition coefficient (Wildman–Crippen LogP) is 4.95. The molecule has 0 spiro atoms. The first-order chi connectivity index (χ1) is 19.0. The Labute approximate surface area is 230 Å². The molecule has 11 heteroatoms. The van der Waals surface area contributed by atoms with E-state index in [1.54, 1.807) is 0 Å². The minimum atomic E-state index is -1.24. The summed E-state index contributed by atoms with van der Waals surface area (Å²) in [5.74, 6) is -2.04. The van der Waals surface area contributed by atoms with Crippen molar-refractivity contribution in [2.75, 3.05) is 5.32 Å². The van der Waals surface area contributed by atoms with Crippen LogP contribution >= 0.6 is 0 Å². The highest BCUT2D eigenvalue weighted by atomic mass is 19.1. The molecule has 0 saturated carbocycles. The number of para-hydroxylation sites is 1. The molecule has 0 aliphatic rings. The number of carbonyl (C=O) groups is 3. The Kier molecular flexibility index (Phi) is 8.52. The number of carbonyl (C=O) groups excluding carboxylic acids is 2. The number of hydrogen-bond acceptors (Lipinski definition) is 5. The fraction of sp³-hybridized carbons (Fsp3) is 0.310. The molecule has 10 nitrogen and oxygen atoms in total. The molecule has 4 aromatic rings. The third kappa shape index (κ3) is 6.66. The molecule has 40 heavy (non-hydrogen) atoms. The highest BCUT2D eigenvalue weighted by Crippen LogP contribution is 2.27. The number of carboxylic acid groups (broad SMARTS) is 1. The molecule has 4 rings (SSSR count). The van der Waals surface area contributed by atoms with E-state index < -0.39 is 35.8 Å². The number of amides is 3. The summed E-state index contributed by atoms with van der Waals surface area (Å²) in [7, 11) is 1.91. The third-order valence-corrected chi connectivity index (χ3v) is 6.45. The van der Waals surface area contributed by atoms with Gasteiger partial charge in [-0.15, -0.1) is 0 Å². The Morgan fingerprint density at radius 2 is 1.85 bits per heavy atom. The lowest BCUT2D eigenvalue weighted by atomic mass is 10.0. The van der Waals surface area contributed by atoms with Crippen molar-refractivity contribution in [1.29, 1.82) is 0 Å². The molecule has 2 atom stereocenters. The van der Waals surface area contributed by atoms with Crippen LogP contribution in [-0.4, -0.2) is 38.6 Å². The zero-order valence-electron chi connectivity index (χ0n) is 22.7. The summed E-state index contributed by atoms with van der Waals surface area (Å²) in [6.45, 7) is 5.32. The van der Waals surface area contributed by atoms with Gasteiger partial charge in [0.15, 0.2) is 5.69 Å². The molecule has 0 radical (unpaired) electrons. The van der Waals surface area contributed by atoms with E-state index in [0.29, 0.717) is 6.42 Å². The lowest BCUT2D eigenvalue weighted by molar-refractivity contribution is -0.124. The van der Waals surface area contributed by atoms with Gasteiger partial charge in [-0.05, 0) is 49.1 Å². The third-order valence-electron chi connectivity index (χ3n) is 6.45. The number of anilines is 1. The number of aromatic carboxylic acids is 1. The summed E-state index contributed by atoms with van der Waals surface area (Å²) < 4.78 is 21.2. The highest BCUT2D eigenvalue weighted by Gasteiger charge is 2.29. The van der Waals surface area contributed by atoms with Crippen molar-refractivity contribution in [3.63, 3.8) is 0 Å². The molecule has 3 amide bonds. The SMILES string of the molecule is Cc1oc([C@@H](Cc2cn(C)c3ccccc23)NC(=O)C(CC(C)C)NC(=O)Nc2cccc(F)c2)nc1C(=O)O. The summed E-state index contributed by atoms with van der Waals surface area (Å²) in [6, 6.07) is 10.8. The number of aryl methyl sites for hydroxylation is 2. The van der Waals surface area contributed by atoms with Gasteiger partial charge in [0.05, 0.1) is 0 Å². The van der Waals surface area contributed by atoms with Crippen molar-refractivity contribution in [1.82, 2.24) is 20.2 Å². The monoisotopic (exact) mass is 549 g/mol. The first kappa shape index (κ1) is 28.3. The average molecular weight is 550 g/mol. The van der Waals surface area contributed by atoms with E-state index in [0.717, 1.165) is 16.5 Å². The Balaban J connectivity index is 1.61. The quantitative estimate of drug-likeness (QED) is 0.221. The summed E-state index contributed by atoms with van der Waals surface area (Å²) >= 11 is 0. The fourth-order valence-electron chi connectivity index (χ4n) is 4.64. The minimum absolute atomic E-state index is 0.0451. The predicted molar refractivity (Wildman–Crippen MR) is 148 cm³/mol. The highest BCUT2D eigenvalue weighted by molar-refractivity contribution is 5.94. The van der Waals surface area contributed by atoms with Gasteiger partial charge in [0.2, 0.25) is 11.8 Å². The van der Waals surface area contributed by atoms with E-state index in [2.05, 4.69) is 20.9 Å². The number of nitrogens with one attached hydrogen (secondary N) is 3. The topological polar surface area (TPSA) is 138 Å². The maximum absolute atomic E-state index is 13.6. The number of nitrogens with zero attached hydrogens (tertiary/aromatic N) is 2. The van der Waals surface area contributed by atoms with Crippen molar-refractivity contribution in [2.45, 2.75) is 45.7 Å². The number of aromatic nitrogens is 2. The molecule has 0 aliphatic carbocycles. The zero-order valence-corrected chi connectivity index (χ0v) is 22.7. The van der Waals surface area contributed by atoms with Gasteiger partial charge in [-0.1, -0.05) is 38.1 Å². The van der Waals surface area contributed by atoms with Crippen molar-refractivity contribution in [2.24, 2.45) is 13.0 Å². The van der Waals surface area contributed by atoms with Gasteiger partial charge in [-0.2, -0.15) is 0 Å². The second-order valence-electron chi connectivity index (χ2n) is 10.1. The first-order valence-electron chi connectivity index (χ1n) is 12.9. The van der Waals surface area contributed by atoms with Gasteiger partial charge in [-0.25, -0.2) is 19.0 Å². The Hall–Kier alpha value is -4.67. The minimum Gasteiger partial charge on any atom is -0.476 e. The maximum atomic E-state index is 13.6. The van der Waals surface area contributed by atoms with Gasteiger partial charge >= 0.3 is 12.0 Å². The molecule has 0 bridgehead atoms. The number of halogens is 1. The number of benzene rings is 2. The van der Waals surface area contributed by atoms with Gasteiger partial charge in [0.1, 0.15) is 23.7 Å². The van der Waals surface area contributed by atoms with Gasteiger partial charge < -0.3 is 30.0 Å². The van der Waals surface area contributed by atoms with Crippen LogP contribution in [0.3, 0.4) is 0 Å². The number of urea groups is 1. The Bertz CT molecular complexity index is 1540. The van der Waals surface area contributed by atoms with Crippen LogP contribution in [-0.2, 0) is 18.3 Å². The number of oxazole rings is 1. The van der Waals surface area contributed by atoms with Gasteiger partial charge in [0.25, 0.3) is 0 Å². The molecule has 0 fully saturated rings. The van der Waals surface area contributed by atoms with Crippen molar-refractivity contribution < 1.29 is 28.3 Å². The smallest absolute Gasteiger partial charge is 0.358 e. The average Bonchev–Trinajstić information content (AvgIpc) is 3.43. The van der Waals surface area contributed by atoms with E-state index in [1.807, 2.05) is 55.9 Å². The zero-order chi connectivity index (χ0) is 29.0. The van der Waals surface area contributed by atoms with Gasteiger partial charge in [-0.3, -0.25) is 4.79 Å². The Morgan fingerprint density at radius 1 is 1.10 bits per heavy atom. The van der Waals surface area contributed by atoms with Crippen molar-refractivity contribution >= 4 is 34.5 Å². The van der Waals surface area contributed by atoms with E-state index in [1.165, 1.54) is 31.2 Å². The largest absolute Gasteiger partial charge is 0.476 e. The van der Waals surface area contributed by atoms with Crippen molar-refractivity contribution in [3.05, 3.63) is 83.5 Å². The lowest BCUT2D eigenvalue weighted by Gasteiger charge is -2.23. The van der Waals surface area contributed by atoms with E-state index >= 15 is 0 Å². The molecule has 1 unspecified atom stereocenters. The molecule has 4 N–H and O–H groups in total. The number of fused-ring (bicyclic) bond motifs is 1. The maximum Gasteiger partial charge on any atom is 0.358 e. The standard InChI is InChI=1S/C29H32FN5O5/c1-16(2)12-22(33-29(39)31-20-9-7-8-19(30)14-20)26(36)32-23(27-34-25(28(37)38)17(3)40-27)13-18-15-35(4)24-11-6-5-10-21(18)24/h5-11,14-16,22-23H,12-13H2,1-4H3,(H,32,36)(H,37,38)(H2,31,33,39)/t22?,23-/m1/s1. The fourth-order valence-corrected chi connectivity index (χ4v) is 4.64. The molecule has 210 valence electrons. The summed E-state index contributed by atoms with van der Waals surface area (Å²) in [6.07, 6.45) is 2.51. The van der Waals surface area contributed by atoms with E-state index in [9.17, 15) is 23.9 Å². The van der Waals surface area contributed by atoms with Gasteiger partial charge in [0, 0.05) is 36.3 Å². The molecular weight excluding hydrogens is 517 g/mol. The van der Waals surface area contributed by atoms with Crippen LogP contribution < -0.4 is 16.0 Å². The van der Waals surface area contributed by atoms with Crippen LogP contribution in [0.2, 0.25) is 0 Å². The normalized spacial score (nSPS) is 12.8. The second-order valence-corrected chi connectivity index (χ2v) is 10.1. The number of hydrogen-bond donors (Lipinski definition) is 4. The molecule has 2 aromatic carbocycles. The molecule has 0 aliphatic heterocycles. The lowest BCUT2D eigenvalue weighted by Crippen LogP contribution is -2.49. The molecule has 0 saturated heterocycles. The van der Waals surface area contributed by atoms with Crippen LogP contribution in [0.4, 0.5) is 14.9 Å². The second kappa shape index (κ2) is 12.0. The molecule has 2 heterocycles. The summed E-state index contributed by atoms with van der Waals surface area (Å²) in [5, 5.41) is 18.6. The number of rotatable bonds is 10. The van der Waals surface area contributed by atoms with E-state index in [4.69, 9.17) is 4.42 Å². The Morgan fingerprint density at radius 3 is 2.52 bits per heavy atom. The van der Waals surface area contributed by atoms with Crippen LogP contribution in [0.5, 0.6) is 0 Å². The molecule has 2 aromatic heterocycles. The summed E-state index contributed by atoms with van der Waals surface area (Å²) in [5.41, 5.74) is 1.89. The van der Waals surface area contributed by atoms with Crippen LogP contribution in [0.1, 0.15) is 54.0 Å². The number of carboxylic acids is 1. The van der Waals surface area contributed by atoms with Crippen molar-refractivity contribution in [3.8, 4) is 0 Å². The summed E-state index contributed by atoms with van der Waals surface area (Å²) in [4.78, 5) is 42.1. The van der Waals surface area contributed by atoms with Crippen LogP contribution in [0.15, 0.2) is 59.1 Å².